The largest absolute Gasteiger partial charge is 0.467 e. The van der Waals surface area contributed by atoms with E-state index in [1.165, 1.54) is 13.2 Å². The number of methoxy groups -OCH3 is 1. The number of hydrogen-bond acceptors (Lipinski definition) is 6. The van der Waals surface area contributed by atoms with Crippen LogP contribution in [0.3, 0.4) is 0 Å². The summed E-state index contributed by atoms with van der Waals surface area (Å²) >= 11 is 0. The van der Waals surface area contributed by atoms with Crippen LogP contribution in [-0.4, -0.2) is 43.5 Å². The van der Waals surface area contributed by atoms with Gasteiger partial charge in [-0.05, 0) is 36.6 Å². The lowest BCUT2D eigenvalue weighted by Crippen LogP contribution is -2.44. The minimum absolute atomic E-state index is 0.103. The van der Waals surface area contributed by atoms with Crippen LogP contribution in [0.2, 0.25) is 0 Å². The molecule has 0 bridgehead atoms. The third-order valence-electron chi connectivity index (χ3n) is 4.29. The molecule has 0 aromatic heterocycles. The Hall–Kier alpha value is -3.68. The van der Waals surface area contributed by atoms with Crippen molar-refractivity contribution in [1.82, 2.24) is 5.32 Å². The third-order valence-corrected chi connectivity index (χ3v) is 4.29. The van der Waals surface area contributed by atoms with Crippen molar-refractivity contribution < 1.29 is 28.7 Å². The van der Waals surface area contributed by atoms with Crippen LogP contribution in [0, 0.1) is 5.92 Å². The highest BCUT2D eigenvalue weighted by Gasteiger charge is 2.23. The summed E-state index contributed by atoms with van der Waals surface area (Å²) in [6.07, 6.45) is 0.390. The lowest BCUT2D eigenvalue weighted by Gasteiger charge is -2.18. The molecular weight excluding hydrogens is 400 g/mol. The van der Waals surface area contributed by atoms with E-state index in [0.29, 0.717) is 12.0 Å². The number of amides is 2. The van der Waals surface area contributed by atoms with Crippen molar-refractivity contribution in [2.75, 3.05) is 19.0 Å². The summed E-state index contributed by atoms with van der Waals surface area (Å²) in [7, 11) is 1.24. The standard InChI is InChI=1S/C23H26N2O6/c1-15(2)13-19(23(29)30-3)24-20(26)14-31-22(28)17-11-7-8-12-18(17)25-21(27)16-9-5-4-6-10-16/h4-12,15,19H,13-14H2,1-3H3,(H,24,26)(H,25,27)/t19-/m1/s1. The number of ether oxygens (including phenoxy) is 2. The van der Waals surface area contributed by atoms with Gasteiger partial charge in [0.05, 0.1) is 18.4 Å². The topological polar surface area (TPSA) is 111 Å². The van der Waals surface area contributed by atoms with Crippen molar-refractivity contribution in [3.05, 3.63) is 65.7 Å². The molecule has 0 aliphatic heterocycles. The Kier molecular flexibility index (Phi) is 8.75. The number of esters is 2. The summed E-state index contributed by atoms with van der Waals surface area (Å²) < 4.78 is 9.78. The maximum atomic E-state index is 12.5. The number of hydrogen-bond donors (Lipinski definition) is 2. The molecule has 1 atom stereocenters. The molecule has 0 spiro atoms. The van der Waals surface area contributed by atoms with E-state index in [1.54, 1.807) is 48.5 Å². The molecule has 0 unspecified atom stereocenters. The summed E-state index contributed by atoms with van der Waals surface area (Å²) in [6, 6.07) is 14.0. The van der Waals surface area contributed by atoms with Crippen molar-refractivity contribution in [2.45, 2.75) is 26.3 Å². The third kappa shape index (κ3) is 7.26. The molecule has 0 heterocycles. The van der Waals surface area contributed by atoms with Crippen LogP contribution in [0.25, 0.3) is 0 Å². The smallest absolute Gasteiger partial charge is 0.340 e. The molecule has 0 saturated carbocycles. The first-order valence-electron chi connectivity index (χ1n) is 9.81. The van der Waals surface area contributed by atoms with Crippen LogP contribution in [0.4, 0.5) is 5.69 Å². The molecule has 31 heavy (non-hydrogen) atoms. The Morgan fingerprint density at radius 3 is 2.23 bits per heavy atom. The zero-order valence-corrected chi connectivity index (χ0v) is 17.7. The number of anilines is 1. The van der Waals surface area contributed by atoms with E-state index in [2.05, 4.69) is 10.6 Å². The van der Waals surface area contributed by atoms with Crippen LogP contribution in [0.1, 0.15) is 41.0 Å². The van der Waals surface area contributed by atoms with Gasteiger partial charge < -0.3 is 20.1 Å². The van der Waals surface area contributed by atoms with E-state index in [4.69, 9.17) is 9.47 Å². The maximum absolute atomic E-state index is 12.5. The highest BCUT2D eigenvalue weighted by molar-refractivity contribution is 6.08. The van der Waals surface area contributed by atoms with Crippen molar-refractivity contribution in [2.24, 2.45) is 5.92 Å². The summed E-state index contributed by atoms with van der Waals surface area (Å²) in [5, 5.41) is 5.18. The Bertz CT molecular complexity index is 927. The predicted octanol–water partition coefficient (Wildman–Crippen LogP) is 2.80. The first-order valence-corrected chi connectivity index (χ1v) is 9.81. The van der Waals surface area contributed by atoms with Gasteiger partial charge in [-0.3, -0.25) is 9.59 Å². The number of para-hydroxylation sites is 1. The van der Waals surface area contributed by atoms with Gasteiger partial charge in [0.15, 0.2) is 6.61 Å². The van der Waals surface area contributed by atoms with Crippen LogP contribution >= 0.6 is 0 Å². The van der Waals surface area contributed by atoms with Crippen LogP contribution < -0.4 is 10.6 Å². The fraction of sp³-hybridized carbons (Fsp3) is 0.304. The zero-order chi connectivity index (χ0) is 22.8. The monoisotopic (exact) mass is 426 g/mol. The van der Waals surface area contributed by atoms with Crippen LogP contribution in [0.15, 0.2) is 54.6 Å². The summed E-state index contributed by atoms with van der Waals surface area (Å²) in [4.78, 5) is 48.9. The lowest BCUT2D eigenvalue weighted by atomic mass is 10.0. The van der Waals surface area contributed by atoms with Gasteiger partial charge in [-0.1, -0.05) is 44.2 Å². The number of carbonyl (C=O) groups is 4. The Labute approximate surface area is 180 Å². The number of nitrogens with one attached hydrogen (secondary N) is 2. The molecule has 164 valence electrons. The maximum Gasteiger partial charge on any atom is 0.340 e. The van der Waals surface area contributed by atoms with Crippen molar-refractivity contribution in [3.63, 3.8) is 0 Å². The van der Waals surface area contributed by atoms with Gasteiger partial charge in [0, 0.05) is 5.56 Å². The van der Waals surface area contributed by atoms with Gasteiger partial charge >= 0.3 is 11.9 Å². The van der Waals surface area contributed by atoms with Gasteiger partial charge in [-0.15, -0.1) is 0 Å². The molecule has 8 nitrogen and oxygen atoms in total. The molecule has 0 aliphatic rings. The molecule has 2 N–H and O–H groups in total. The van der Waals surface area contributed by atoms with Gasteiger partial charge in [0.2, 0.25) is 0 Å². The van der Waals surface area contributed by atoms with E-state index in [-0.39, 0.29) is 23.1 Å². The Morgan fingerprint density at radius 1 is 0.935 bits per heavy atom. The summed E-state index contributed by atoms with van der Waals surface area (Å²) in [6.45, 7) is 3.23. The molecule has 2 rings (SSSR count). The molecule has 0 radical (unpaired) electrons. The first-order chi connectivity index (χ1) is 14.8. The predicted molar refractivity (Wildman–Crippen MR) is 115 cm³/mol. The molecule has 2 amide bonds. The molecule has 0 aliphatic carbocycles. The highest BCUT2D eigenvalue weighted by Crippen LogP contribution is 2.17. The highest BCUT2D eigenvalue weighted by atomic mass is 16.5. The van der Waals surface area contributed by atoms with E-state index < -0.39 is 30.5 Å². The zero-order valence-electron chi connectivity index (χ0n) is 17.7. The fourth-order valence-electron chi connectivity index (χ4n) is 2.83. The van der Waals surface area contributed by atoms with Crippen molar-refractivity contribution >= 4 is 29.4 Å². The first kappa shape index (κ1) is 23.6. The second-order valence-electron chi connectivity index (χ2n) is 7.21. The van der Waals surface area contributed by atoms with E-state index >= 15 is 0 Å². The van der Waals surface area contributed by atoms with Crippen molar-refractivity contribution in [1.29, 1.82) is 0 Å². The normalized spacial score (nSPS) is 11.4. The van der Waals surface area contributed by atoms with E-state index in [0.717, 1.165) is 0 Å². The van der Waals surface area contributed by atoms with Gasteiger partial charge in [-0.25, -0.2) is 9.59 Å². The molecule has 0 fully saturated rings. The second-order valence-corrected chi connectivity index (χ2v) is 7.21. The van der Waals surface area contributed by atoms with E-state index in [1.807, 2.05) is 13.8 Å². The van der Waals surface area contributed by atoms with Crippen LogP contribution in [-0.2, 0) is 19.1 Å². The Balaban J connectivity index is 2.00. The molecular formula is C23H26N2O6. The van der Waals surface area contributed by atoms with Gasteiger partial charge in [0.1, 0.15) is 6.04 Å². The van der Waals surface area contributed by atoms with E-state index in [9.17, 15) is 19.2 Å². The molecule has 8 heteroatoms. The van der Waals surface area contributed by atoms with Gasteiger partial charge in [0.25, 0.3) is 11.8 Å². The minimum Gasteiger partial charge on any atom is -0.467 e. The molecule has 2 aromatic rings. The van der Waals surface area contributed by atoms with Crippen LogP contribution in [0.5, 0.6) is 0 Å². The molecule has 0 saturated heterocycles. The fourth-order valence-corrected chi connectivity index (χ4v) is 2.83. The number of carbonyl (C=O) groups excluding carboxylic acids is 4. The average molecular weight is 426 g/mol. The number of benzene rings is 2. The summed E-state index contributed by atoms with van der Waals surface area (Å²) in [5.74, 6) is -2.21. The Morgan fingerprint density at radius 2 is 1.58 bits per heavy atom. The quantitative estimate of drug-likeness (QED) is 0.597. The minimum atomic E-state index is -0.825. The molecule has 2 aromatic carbocycles. The van der Waals surface area contributed by atoms with Crippen molar-refractivity contribution in [3.8, 4) is 0 Å². The average Bonchev–Trinajstić information content (AvgIpc) is 2.77. The number of rotatable bonds is 9. The lowest BCUT2D eigenvalue weighted by molar-refractivity contribution is -0.145. The second kappa shape index (κ2) is 11.5. The SMILES string of the molecule is COC(=O)[C@@H](CC(C)C)NC(=O)COC(=O)c1ccccc1NC(=O)c1ccccc1. The summed E-state index contributed by atoms with van der Waals surface area (Å²) in [5.41, 5.74) is 0.796. The van der Waals surface area contributed by atoms with Gasteiger partial charge in [-0.2, -0.15) is 0 Å².